The van der Waals surface area contributed by atoms with Gasteiger partial charge in [-0.3, -0.25) is 14.8 Å². The van der Waals surface area contributed by atoms with Crippen LogP contribution in [-0.4, -0.2) is 51.1 Å². The van der Waals surface area contributed by atoms with Gasteiger partial charge in [0, 0.05) is 44.3 Å². The van der Waals surface area contributed by atoms with Gasteiger partial charge in [-0.1, -0.05) is 32.0 Å². The highest BCUT2D eigenvalue weighted by atomic mass is 16.5. The molecule has 6 heteroatoms. The van der Waals surface area contributed by atoms with Crippen LogP contribution >= 0.6 is 0 Å². The maximum atomic E-state index is 5.50. The molecule has 2 aromatic rings. The Kier molecular flexibility index (Phi) is 4.96. The minimum absolute atomic E-state index is 0.0805. The molecule has 0 amide bonds. The Bertz CT molecular complexity index is 641. The molecule has 0 saturated carbocycles. The van der Waals surface area contributed by atoms with E-state index < -0.39 is 0 Å². The van der Waals surface area contributed by atoms with Crippen molar-refractivity contribution >= 4 is 0 Å². The van der Waals surface area contributed by atoms with Crippen LogP contribution in [0.1, 0.15) is 51.1 Å². The second-order valence-electron chi connectivity index (χ2n) is 7.52. The molecular formula is C18H27N5O. The minimum atomic E-state index is -0.0805. The van der Waals surface area contributed by atoms with Gasteiger partial charge in [-0.25, -0.2) is 0 Å². The number of nitrogens with zero attached hydrogens (tertiary/aromatic N) is 5. The Balaban J connectivity index is 1.55. The molecule has 0 unspecified atom stereocenters. The SMILES string of the molecule is C[C@@H](c1nc(C(C)(C)C)no1)N1CCN(Cc2ccccn2)CC1. The highest BCUT2D eigenvalue weighted by Crippen LogP contribution is 2.24. The lowest BCUT2D eigenvalue weighted by molar-refractivity contribution is 0.0838. The Hall–Kier alpha value is -1.79. The van der Waals surface area contributed by atoms with Crippen molar-refractivity contribution in [2.45, 2.75) is 45.7 Å². The summed E-state index contributed by atoms with van der Waals surface area (Å²) in [5.74, 6) is 1.50. The fourth-order valence-corrected chi connectivity index (χ4v) is 2.90. The summed E-state index contributed by atoms with van der Waals surface area (Å²) < 4.78 is 5.50. The maximum absolute atomic E-state index is 5.50. The highest BCUT2D eigenvalue weighted by Gasteiger charge is 2.28. The summed E-state index contributed by atoms with van der Waals surface area (Å²) in [5.41, 5.74) is 1.05. The average molecular weight is 329 g/mol. The van der Waals surface area contributed by atoms with Crippen molar-refractivity contribution in [3.63, 3.8) is 0 Å². The molecule has 1 saturated heterocycles. The second-order valence-corrected chi connectivity index (χ2v) is 7.52. The normalized spacial score (nSPS) is 18.7. The first-order chi connectivity index (χ1) is 11.4. The first kappa shape index (κ1) is 17.0. The monoisotopic (exact) mass is 329 g/mol. The van der Waals surface area contributed by atoms with Gasteiger partial charge >= 0.3 is 0 Å². The molecule has 0 aromatic carbocycles. The molecule has 2 aromatic heterocycles. The summed E-state index contributed by atoms with van der Waals surface area (Å²) in [5, 5.41) is 4.14. The van der Waals surface area contributed by atoms with Crippen LogP contribution < -0.4 is 0 Å². The fourth-order valence-electron chi connectivity index (χ4n) is 2.90. The number of hydrogen-bond donors (Lipinski definition) is 0. The maximum Gasteiger partial charge on any atom is 0.243 e. The van der Waals surface area contributed by atoms with Gasteiger partial charge in [0.25, 0.3) is 0 Å². The second kappa shape index (κ2) is 6.99. The number of rotatable bonds is 4. The molecule has 1 aliphatic rings. The molecule has 0 bridgehead atoms. The van der Waals surface area contributed by atoms with E-state index >= 15 is 0 Å². The standard InChI is InChI=1S/C18H27N5O/c1-14(16-20-17(21-24-16)18(2,3)4)23-11-9-22(10-12-23)13-15-7-5-6-8-19-15/h5-8,14H,9-13H2,1-4H3/t14-/m0/s1. The van der Waals surface area contributed by atoms with E-state index in [1.807, 2.05) is 18.3 Å². The van der Waals surface area contributed by atoms with E-state index in [-0.39, 0.29) is 11.5 Å². The van der Waals surface area contributed by atoms with Crippen molar-refractivity contribution in [3.05, 3.63) is 41.8 Å². The van der Waals surface area contributed by atoms with Crippen molar-refractivity contribution < 1.29 is 4.52 Å². The van der Waals surface area contributed by atoms with Crippen molar-refractivity contribution in [1.82, 2.24) is 24.9 Å². The quantitative estimate of drug-likeness (QED) is 0.859. The molecule has 3 rings (SSSR count). The molecule has 1 fully saturated rings. The van der Waals surface area contributed by atoms with Gasteiger partial charge in [0.15, 0.2) is 5.82 Å². The Morgan fingerprint density at radius 3 is 2.50 bits per heavy atom. The van der Waals surface area contributed by atoms with Crippen molar-refractivity contribution in [2.75, 3.05) is 26.2 Å². The zero-order valence-electron chi connectivity index (χ0n) is 15.1. The van der Waals surface area contributed by atoms with Gasteiger partial charge in [0.1, 0.15) is 0 Å². The topological polar surface area (TPSA) is 58.3 Å². The van der Waals surface area contributed by atoms with Gasteiger partial charge in [0.05, 0.1) is 11.7 Å². The van der Waals surface area contributed by atoms with Crippen molar-refractivity contribution in [2.24, 2.45) is 0 Å². The molecule has 0 aliphatic carbocycles. The van der Waals surface area contributed by atoms with Crippen LogP contribution in [0.25, 0.3) is 0 Å². The predicted molar refractivity (Wildman–Crippen MR) is 92.5 cm³/mol. The Morgan fingerprint density at radius 2 is 1.92 bits per heavy atom. The number of aromatic nitrogens is 3. The van der Waals surface area contributed by atoms with Gasteiger partial charge in [-0.05, 0) is 19.1 Å². The molecule has 1 aliphatic heterocycles. The fraction of sp³-hybridized carbons (Fsp3) is 0.611. The molecule has 130 valence electrons. The Morgan fingerprint density at radius 1 is 1.17 bits per heavy atom. The first-order valence-electron chi connectivity index (χ1n) is 8.64. The summed E-state index contributed by atoms with van der Waals surface area (Å²) in [6.45, 7) is 13.4. The molecule has 24 heavy (non-hydrogen) atoms. The number of piperazine rings is 1. The zero-order chi connectivity index (χ0) is 17.2. The molecule has 0 radical (unpaired) electrons. The van der Waals surface area contributed by atoms with Crippen LogP contribution in [0.15, 0.2) is 28.9 Å². The van der Waals surface area contributed by atoms with E-state index in [9.17, 15) is 0 Å². The van der Waals surface area contributed by atoms with Crippen molar-refractivity contribution in [3.8, 4) is 0 Å². The van der Waals surface area contributed by atoms with E-state index in [0.717, 1.165) is 50.1 Å². The third-order valence-corrected chi connectivity index (χ3v) is 4.54. The minimum Gasteiger partial charge on any atom is -0.338 e. The Labute approximate surface area is 143 Å². The van der Waals surface area contributed by atoms with Gasteiger partial charge in [0.2, 0.25) is 5.89 Å². The number of pyridine rings is 1. The van der Waals surface area contributed by atoms with Crippen LogP contribution in [0.5, 0.6) is 0 Å². The zero-order valence-corrected chi connectivity index (χ0v) is 15.1. The summed E-state index contributed by atoms with van der Waals surface area (Å²) in [7, 11) is 0. The third kappa shape index (κ3) is 3.99. The van der Waals surface area contributed by atoms with Crippen molar-refractivity contribution in [1.29, 1.82) is 0 Å². The highest BCUT2D eigenvalue weighted by molar-refractivity contribution is 5.04. The van der Waals surface area contributed by atoms with Crippen LogP contribution in [0, 0.1) is 0 Å². The number of hydrogen-bond acceptors (Lipinski definition) is 6. The first-order valence-corrected chi connectivity index (χ1v) is 8.64. The lowest BCUT2D eigenvalue weighted by Crippen LogP contribution is -2.46. The smallest absolute Gasteiger partial charge is 0.243 e. The molecule has 0 N–H and O–H groups in total. The molecule has 0 spiro atoms. The van der Waals surface area contributed by atoms with E-state index in [1.165, 1.54) is 0 Å². The molecule has 1 atom stereocenters. The van der Waals surface area contributed by atoms with Crippen LogP contribution in [0.4, 0.5) is 0 Å². The van der Waals surface area contributed by atoms with Gasteiger partial charge in [-0.15, -0.1) is 0 Å². The lowest BCUT2D eigenvalue weighted by Gasteiger charge is -2.36. The largest absolute Gasteiger partial charge is 0.338 e. The van der Waals surface area contributed by atoms with Crippen LogP contribution in [0.3, 0.4) is 0 Å². The molecule has 3 heterocycles. The lowest BCUT2D eigenvalue weighted by atomic mass is 9.96. The van der Waals surface area contributed by atoms with Gasteiger partial charge in [-0.2, -0.15) is 4.98 Å². The van der Waals surface area contributed by atoms with E-state index in [1.54, 1.807) is 0 Å². The molecular weight excluding hydrogens is 302 g/mol. The van der Waals surface area contributed by atoms with E-state index in [0.29, 0.717) is 0 Å². The van der Waals surface area contributed by atoms with E-state index in [2.05, 4.69) is 58.7 Å². The van der Waals surface area contributed by atoms with Crippen LogP contribution in [0.2, 0.25) is 0 Å². The van der Waals surface area contributed by atoms with Crippen LogP contribution in [-0.2, 0) is 12.0 Å². The predicted octanol–water partition coefficient (Wildman–Crippen LogP) is 2.64. The average Bonchev–Trinajstić information content (AvgIpc) is 3.06. The van der Waals surface area contributed by atoms with E-state index in [4.69, 9.17) is 4.52 Å². The summed E-state index contributed by atoms with van der Waals surface area (Å²) in [6, 6.07) is 6.25. The summed E-state index contributed by atoms with van der Waals surface area (Å²) in [4.78, 5) is 13.9. The molecule has 6 nitrogen and oxygen atoms in total. The van der Waals surface area contributed by atoms with Gasteiger partial charge < -0.3 is 4.52 Å². The summed E-state index contributed by atoms with van der Waals surface area (Å²) in [6.07, 6.45) is 1.86. The third-order valence-electron chi connectivity index (χ3n) is 4.54. The summed E-state index contributed by atoms with van der Waals surface area (Å²) >= 11 is 0.